The number of anilines is 1. The van der Waals surface area contributed by atoms with Gasteiger partial charge >= 0.3 is 0 Å². The highest BCUT2D eigenvalue weighted by atomic mass is 16.1. The van der Waals surface area contributed by atoms with Crippen LogP contribution < -0.4 is 11.1 Å². The highest BCUT2D eigenvalue weighted by Crippen LogP contribution is 2.43. The number of pyridine rings is 1. The average molecular weight is 185 g/mol. The number of hydrogen-bond acceptors (Lipinski definition) is 3. The van der Waals surface area contributed by atoms with Crippen molar-refractivity contribution in [2.24, 2.45) is 5.73 Å². The topological polar surface area (TPSA) is 68.0 Å². The van der Waals surface area contributed by atoms with Crippen LogP contribution in [0.5, 0.6) is 0 Å². The fourth-order valence-corrected chi connectivity index (χ4v) is 1.54. The van der Waals surface area contributed by atoms with Crippen LogP contribution in [-0.2, 0) is 0 Å². The Bertz CT molecular complexity index is 514. The summed E-state index contributed by atoms with van der Waals surface area (Å²) in [5.41, 5.74) is 8.89. The van der Waals surface area contributed by atoms with Crippen LogP contribution in [0.4, 0.5) is 5.82 Å². The van der Waals surface area contributed by atoms with Gasteiger partial charge in [0.25, 0.3) is 0 Å². The van der Waals surface area contributed by atoms with Crippen molar-refractivity contribution in [1.29, 1.82) is 0 Å². The van der Waals surface area contributed by atoms with E-state index in [0.717, 1.165) is 17.0 Å². The molecule has 2 aliphatic rings. The second kappa shape index (κ2) is 2.23. The Kier molecular flexibility index (Phi) is 1.16. The number of carbonyl (C=O) groups is 1. The number of nitrogens with zero attached hydrogens (tertiary/aromatic N) is 1. The third-order valence-electron chi connectivity index (χ3n) is 2.35. The monoisotopic (exact) mass is 185 g/mol. The Morgan fingerprint density at radius 1 is 1.50 bits per heavy atom. The van der Waals surface area contributed by atoms with E-state index >= 15 is 0 Å². The van der Waals surface area contributed by atoms with Gasteiger partial charge in [0, 0.05) is 18.0 Å². The molecular formula is C10H7N3O. The lowest BCUT2D eigenvalue weighted by Gasteiger charge is -2.10. The molecule has 1 aromatic heterocycles. The molecule has 0 aromatic carbocycles. The van der Waals surface area contributed by atoms with E-state index in [4.69, 9.17) is 5.73 Å². The minimum atomic E-state index is -0.447. The van der Waals surface area contributed by atoms with E-state index in [2.05, 4.69) is 10.3 Å². The van der Waals surface area contributed by atoms with Gasteiger partial charge < -0.3 is 11.1 Å². The molecule has 0 unspecified atom stereocenters. The molecule has 4 nitrogen and oxygen atoms in total. The first-order valence-corrected chi connectivity index (χ1v) is 4.25. The van der Waals surface area contributed by atoms with Crippen LogP contribution in [0.3, 0.4) is 0 Å². The number of aromatic nitrogens is 1. The van der Waals surface area contributed by atoms with Crippen LogP contribution in [0, 0.1) is 0 Å². The second-order valence-electron chi connectivity index (χ2n) is 3.29. The van der Waals surface area contributed by atoms with Crippen molar-refractivity contribution in [2.45, 2.75) is 0 Å². The highest BCUT2D eigenvalue weighted by Gasteiger charge is 2.26. The highest BCUT2D eigenvalue weighted by molar-refractivity contribution is 6.04. The van der Waals surface area contributed by atoms with Crippen molar-refractivity contribution in [3.63, 3.8) is 0 Å². The molecule has 3 N–H and O–H groups in total. The summed E-state index contributed by atoms with van der Waals surface area (Å²) < 4.78 is 0. The molecule has 1 amide bonds. The molecule has 0 spiro atoms. The van der Waals surface area contributed by atoms with Gasteiger partial charge in [0.05, 0.1) is 5.56 Å². The molecule has 2 heterocycles. The quantitative estimate of drug-likeness (QED) is 0.682. The number of nitrogens with two attached hydrogens (primary N) is 1. The van der Waals surface area contributed by atoms with Crippen molar-refractivity contribution in [3.05, 3.63) is 41.2 Å². The molecule has 0 fully saturated rings. The number of allylic oxidation sites excluding steroid dienone is 3. The van der Waals surface area contributed by atoms with Crippen LogP contribution in [-0.4, -0.2) is 10.9 Å². The zero-order valence-corrected chi connectivity index (χ0v) is 7.24. The first-order valence-electron chi connectivity index (χ1n) is 4.25. The van der Waals surface area contributed by atoms with Gasteiger partial charge in [-0.3, -0.25) is 4.79 Å². The number of carbonyl (C=O) groups excluding carboxylic acids is 1. The summed E-state index contributed by atoms with van der Waals surface area (Å²) in [4.78, 5) is 15.1. The van der Waals surface area contributed by atoms with Gasteiger partial charge in [0.15, 0.2) is 0 Å². The van der Waals surface area contributed by atoms with Gasteiger partial charge in [-0.1, -0.05) is 0 Å². The maximum absolute atomic E-state index is 10.9. The summed E-state index contributed by atoms with van der Waals surface area (Å²) >= 11 is 0. The lowest BCUT2D eigenvalue weighted by Crippen LogP contribution is -2.12. The van der Waals surface area contributed by atoms with E-state index in [1.165, 1.54) is 11.8 Å². The number of amides is 1. The molecule has 0 atom stereocenters. The van der Waals surface area contributed by atoms with Crippen molar-refractivity contribution < 1.29 is 4.79 Å². The van der Waals surface area contributed by atoms with E-state index in [-0.39, 0.29) is 0 Å². The van der Waals surface area contributed by atoms with Gasteiger partial charge in [-0.15, -0.1) is 0 Å². The first-order chi connectivity index (χ1) is 6.75. The normalized spacial score (nSPS) is 15.7. The van der Waals surface area contributed by atoms with Crippen molar-refractivity contribution in [3.8, 4) is 0 Å². The van der Waals surface area contributed by atoms with E-state index in [9.17, 15) is 4.79 Å². The van der Waals surface area contributed by atoms with Crippen LogP contribution in [0.2, 0.25) is 0 Å². The molecule has 3 rings (SSSR count). The summed E-state index contributed by atoms with van der Waals surface area (Å²) in [6.07, 6.45) is 5.41. The standard InChI is InChI=1S/C10H7N3O/c11-9(14)6-2-8-7-1-5(7)3-12-10(8)13-4-6/h1-4H,(H2,11,14)(H,12,13). The molecule has 1 aliphatic heterocycles. The minimum Gasteiger partial charge on any atom is -0.366 e. The summed E-state index contributed by atoms with van der Waals surface area (Å²) in [5.74, 6) is 0.333. The number of nitrogens with one attached hydrogen (secondary N) is 1. The molecule has 0 saturated carbocycles. The summed E-state index contributed by atoms with van der Waals surface area (Å²) in [7, 11) is 0. The zero-order valence-electron chi connectivity index (χ0n) is 7.24. The lowest BCUT2D eigenvalue weighted by molar-refractivity contribution is 0.1000. The molecule has 14 heavy (non-hydrogen) atoms. The number of fused-ring (bicyclic) bond motifs is 3. The molecule has 0 bridgehead atoms. The SMILES string of the molecule is NC(=O)c1cnc2c(c1)C1=CC1=CN2. The first kappa shape index (κ1) is 7.32. The van der Waals surface area contributed by atoms with Gasteiger partial charge in [0.1, 0.15) is 5.82 Å². The predicted octanol–water partition coefficient (Wildman–Crippen LogP) is 0.887. The van der Waals surface area contributed by atoms with Crippen LogP contribution in [0.1, 0.15) is 15.9 Å². The molecular weight excluding hydrogens is 178 g/mol. The predicted molar refractivity (Wildman–Crippen MR) is 52.4 cm³/mol. The maximum atomic E-state index is 10.9. The van der Waals surface area contributed by atoms with Gasteiger partial charge in [-0.2, -0.15) is 0 Å². The lowest BCUT2D eigenvalue weighted by atomic mass is 10.1. The maximum Gasteiger partial charge on any atom is 0.250 e. The molecule has 1 aliphatic carbocycles. The number of primary amides is 1. The van der Waals surface area contributed by atoms with Crippen molar-refractivity contribution in [1.82, 2.24) is 4.98 Å². The number of hydrogen-bond donors (Lipinski definition) is 2. The fourth-order valence-electron chi connectivity index (χ4n) is 1.54. The molecule has 4 heteroatoms. The van der Waals surface area contributed by atoms with E-state index in [1.54, 1.807) is 6.07 Å². The second-order valence-corrected chi connectivity index (χ2v) is 3.29. The van der Waals surface area contributed by atoms with E-state index in [0.29, 0.717) is 5.56 Å². The Morgan fingerprint density at radius 2 is 2.36 bits per heavy atom. The molecule has 0 saturated heterocycles. The average Bonchev–Trinajstić information content (AvgIpc) is 2.95. The minimum absolute atomic E-state index is 0.444. The number of rotatable bonds is 1. The Morgan fingerprint density at radius 3 is 3.14 bits per heavy atom. The van der Waals surface area contributed by atoms with E-state index < -0.39 is 5.91 Å². The molecule has 0 radical (unpaired) electrons. The third-order valence-corrected chi connectivity index (χ3v) is 2.35. The fraction of sp³-hybridized carbons (Fsp3) is 0. The van der Waals surface area contributed by atoms with Gasteiger partial charge in [-0.25, -0.2) is 4.98 Å². The zero-order chi connectivity index (χ0) is 9.71. The largest absolute Gasteiger partial charge is 0.366 e. The van der Waals surface area contributed by atoms with Crippen LogP contribution in [0.15, 0.2) is 30.1 Å². The van der Waals surface area contributed by atoms with E-state index in [1.807, 2.05) is 12.3 Å². The Balaban J connectivity index is 2.16. The van der Waals surface area contributed by atoms with Crippen LogP contribution in [0.25, 0.3) is 5.57 Å². The van der Waals surface area contributed by atoms with Gasteiger partial charge in [-0.05, 0) is 23.3 Å². The smallest absolute Gasteiger partial charge is 0.250 e. The Hall–Kier alpha value is -2.10. The van der Waals surface area contributed by atoms with Crippen molar-refractivity contribution >= 4 is 17.3 Å². The van der Waals surface area contributed by atoms with Gasteiger partial charge in [0.2, 0.25) is 5.91 Å². The summed E-state index contributed by atoms with van der Waals surface area (Å²) in [6.45, 7) is 0. The molecule has 68 valence electrons. The summed E-state index contributed by atoms with van der Waals surface area (Å²) in [5, 5.41) is 3.04. The van der Waals surface area contributed by atoms with Crippen molar-refractivity contribution in [2.75, 3.05) is 5.32 Å². The third kappa shape index (κ3) is 0.877. The molecule has 1 aromatic rings. The van der Waals surface area contributed by atoms with Crippen LogP contribution >= 0.6 is 0 Å². The Labute approximate surface area is 80.1 Å². The summed E-state index contributed by atoms with van der Waals surface area (Å²) in [6, 6.07) is 1.77.